The van der Waals surface area contributed by atoms with Crippen LogP contribution in [-0.2, 0) is 36.6 Å². The van der Waals surface area contributed by atoms with Crippen LogP contribution in [-0.4, -0.2) is 161 Å². The van der Waals surface area contributed by atoms with Gasteiger partial charge < -0.3 is 45.4 Å². The number of hydrogen-bond donors (Lipinski definition) is 4. The summed E-state index contributed by atoms with van der Waals surface area (Å²) >= 11 is 1.55. The number of alkyl halides is 3. The van der Waals surface area contributed by atoms with Crippen molar-refractivity contribution in [3.63, 3.8) is 0 Å². The number of aromatic nitrogens is 3. The molecule has 5 amide bonds. The van der Waals surface area contributed by atoms with E-state index < -0.39 is 76.2 Å². The summed E-state index contributed by atoms with van der Waals surface area (Å²) in [6, 6.07) is 10.1. The van der Waals surface area contributed by atoms with Crippen LogP contribution in [0.25, 0.3) is 21.6 Å². The summed E-state index contributed by atoms with van der Waals surface area (Å²) in [6.07, 6.45) is -3.17. The van der Waals surface area contributed by atoms with E-state index in [2.05, 4.69) is 35.8 Å². The van der Waals surface area contributed by atoms with Crippen molar-refractivity contribution in [3.05, 3.63) is 107 Å². The molecule has 81 heavy (non-hydrogen) atoms. The number of nitrogens with one attached hydrogen (secondary N) is 3. The minimum Gasteiger partial charge on any atom is -0.391 e. The first-order valence-corrected chi connectivity index (χ1v) is 27.7. The third-order valence-corrected chi connectivity index (χ3v) is 16.1. The maximum absolute atomic E-state index is 16.2. The zero-order valence-electron chi connectivity index (χ0n) is 46.3. The van der Waals surface area contributed by atoms with Crippen LogP contribution in [0.3, 0.4) is 0 Å². The Morgan fingerprint density at radius 2 is 1.51 bits per heavy atom. The first-order chi connectivity index (χ1) is 38.4. The van der Waals surface area contributed by atoms with Crippen LogP contribution in [0.1, 0.15) is 81.1 Å². The number of benzene rings is 3. The van der Waals surface area contributed by atoms with Gasteiger partial charge in [0, 0.05) is 101 Å². The Hall–Kier alpha value is -7.15. The van der Waals surface area contributed by atoms with Gasteiger partial charge in [0.2, 0.25) is 29.6 Å². The normalized spacial score (nSPS) is 19.4. The van der Waals surface area contributed by atoms with Gasteiger partial charge in [0.1, 0.15) is 23.7 Å². The fourth-order valence-electron chi connectivity index (χ4n) is 10.3. The molecule has 5 heterocycles. The molecular weight excluding hydrogens is 1080 g/mol. The minimum absolute atomic E-state index is 0.00934. The van der Waals surface area contributed by atoms with Gasteiger partial charge in [0.15, 0.2) is 0 Å². The predicted molar refractivity (Wildman–Crippen MR) is 296 cm³/mol. The largest absolute Gasteiger partial charge is 0.417 e. The lowest BCUT2D eigenvalue weighted by Gasteiger charge is -2.44. The highest BCUT2D eigenvalue weighted by molar-refractivity contribution is 7.13. The van der Waals surface area contributed by atoms with Crippen molar-refractivity contribution >= 4 is 58.2 Å². The second-order valence-corrected chi connectivity index (χ2v) is 22.8. The number of amides is 5. The van der Waals surface area contributed by atoms with Gasteiger partial charge in [-0.3, -0.25) is 28.9 Å². The first kappa shape index (κ1) is 60.0. The number of ether oxygens (including phenoxy) is 1. The van der Waals surface area contributed by atoms with Crippen molar-refractivity contribution in [3.8, 4) is 21.6 Å². The molecular formula is C57H68F5N11O7S. The van der Waals surface area contributed by atoms with Crippen LogP contribution < -0.4 is 25.8 Å². The SMILES string of the molecule is Cc1ncsc1-c1ccc(CNC(=O)[C@@H]2C[C@@H](O)CN2C(=O)C(NC(=O)CCOCCC(=O)N2CCN(c3ncc(-c4cc(NC(=O)c5ccc(F)cc5C(F)(F)F)c(N5C[C@@H](C)N(C)[C@@H](C)C5)cc4F)cn3)CC2)C(C)(C)C)cc1. The number of rotatable bonds is 17. The van der Waals surface area contributed by atoms with Gasteiger partial charge >= 0.3 is 6.18 Å². The van der Waals surface area contributed by atoms with Crippen molar-refractivity contribution in [2.45, 2.75) is 104 Å². The van der Waals surface area contributed by atoms with E-state index in [1.807, 2.05) is 61.9 Å². The smallest absolute Gasteiger partial charge is 0.391 e. The lowest BCUT2D eigenvalue weighted by molar-refractivity contribution is -0.144. The Labute approximate surface area is 471 Å². The zero-order valence-corrected chi connectivity index (χ0v) is 47.1. The Morgan fingerprint density at radius 3 is 2.14 bits per heavy atom. The van der Waals surface area contributed by atoms with E-state index in [1.54, 1.807) is 42.5 Å². The van der Waals surface area contributed by atoms with Crippen molar-refractivity contribution in [1.29, 1.82) is 0 Å². The van der Waals surface area contributed by atoms with Crippen molar-refractivity contribution in [1.82, 2.24) is 40.3 Å². The first-order valence-electron chi connectivity index (χ1n) is 26.8. The highest BCUT2D eigenvalue weighted by Crippen LogP contribution is 2.38. The Morgan fingerprint density at radius 1 is 0.840 bits per heavy atom. The quantitative estimate of drug-likeness (QED) is 0.0553. The molecule has 24 heteroatoms. The van der Waals surface area contributed by atoms with Gasteiger partial charge in [-0.2, -0.15) is 13.2 Å². The number of aliphatic hydroxyl groups excluding tert-OH is 1. The molecule has 0 bridgehead atoms. The number of carbonyl (C=O) groups excluding carboxylic acids is 5. The lowest BCUT2D eigenvalue weighted by Crippen LogP contribution is -2.57. The molecule has 0 spiro atoms. The summed E-state index contributed by atoms with van der Waals surface area (Å²) in [6.45, 7) is 13.7. The minimum atomic E-state index is -5.03. The Bertz CT molecular complexity index is 3070. The molecule has 1 unspecified atom stereocenters. The standard InChI is InChI=1S/C57H68F5N11O7S/c1-33-29-72(30-34(2)69(33)7)46-25-44(59)42(24-45(46)67-52(77)41-13-12-39(58)22-43(41)57(60,61)62)38-27-64-55(65-28-38)71-18-16-70(17-19-71)49(76)15-21-80-20-14-48(75)68-51(56(4,5)6)54(79)73-31-40(74)23-47(73)53(78)63-26-36-8-10-37(11-9-36)50-35(3)66-32-81-50/h8-13,22,24-25,27-28,32-34,40,47,51,74H,14-21,23,26,29-31H2,1-7H3,(H,63,78)(H,67,77)(H,68,75)/t33-,34+,40-,47+,51?/m1/s1. The van der Waals surface area contributed by atoms with E-state index in [9.17, 15) is 46.6 Å². The molecule has 3 fully saturated rings. The number of likely N-dealkylation sites (tertiary alicyclic amines) is 1. The van der Waals surface area contributed by atoms with Crippen LogP contribution in [0.4, 0.5) is 39.3 Å². The van der Waals surface area contributed by atoms with Crippen LogP contribution in [0, 0.1) is 24.0 Å². The van der Waals surface area contributed by atoms with Crippen molar-refractivity contribution < 1.29 is 55.8 Å². The molecule has 3 saturated heterocycles. The fraction of sp³-hybridized carbons (Fsp3) is 0.474. The fourth-order valence-corrected chi connectivity index (χ4v) is 11.1. The molecule has 8 rings (SSSR count). The van der Waals surface area contributed by atoms with Crippen LogP contribution in [0.2, 0.25) is 0 Å². The number of hydrogen-bond acceptors (Lipinski definition) is 14. The Balaban J connectivity index is 0.806. The van der Waals surface area contributed by atoms with E-state index >= 15 is 4.39 Å². The summed E-state index contributed by atoms with van der Waals surface area (Å²) < 4.78 is 77.8. The second-order valence-electron chi connectivity index (χ2n) is 22.0. The number of likely N-dealkylation sites (N-methyl/N-ethyl adjacent to an activating group) is 1. The highest BCUT2D eigenvalue weighted by Gasteiger charge is 2.45. The van der Waals surface area contributed by atoms with E-state index in [4.69, 9.17) is 4.74 Å². The monoisotopic (exact) mass is 1150 g/mol. The molecule has 434 valence electrons. The molecule has 18 nitrogen and oxygen atoms in total. The summed E-state index contributed by atoms with van der Waals surface area (Å²) in [4.78, 5) is 90.8. The summed E-state index contributed by atoms with van der Waals surface area (Å²) in [5.74, 6) is -4.24. The third kappa shape index (κ3) is 14.5. The van der Waals surface area contributed by atoms with Gasteiger partial charge in [-0.05, 0) is 74.7 Å². The average Bonchev–Trinajstić information content (AvgIpc) is 4.09. The van der Waals surface area contributed by atoms with Crippen LogP contribution in [0.15, 0.2) is 72.5 Å². The molecule has 0 saturated carbocycles. The maximum atomic E-state index is 16.2. The molecule has 3 aliphatic heterocycles. The number of β-amino-alcohol motifs (C(OH)–C–C–N with tert-alkyl or cyclic N) is 1. The summed E-state index contributed by atoms with van der Waals surface area (Å²) in [5.41, 5.74) is 2.07. The topological polar surface area (TPSA) is 206 Å². The van der Waals surface area contributed by atoms with E-state index in [0.29, 0.717) is 45.2 Å². The van der Waals surface area contributed by atoms with Gasteiger partial charge in [-0.15, -0.1) is 11.3 Å². The molecule has 2 aromatic heterocycles. The number of aliphatic hydroxyl groups is 1. The molecule has 0 radical (unpaired) electrons. The third-order valence-electron chi connectivity index (χ3n) is 15.1. The molecule has 5 aromatic rings. The van der Waals surface area contributed by atoms with Gasteiger partial charge in [-0.25, -0.2) is 23.7 Å². The lowest BCUT2D eigenvalue weighted by atomic mass is 9.85. The summed E-state index contributed by atoms with van der Waals surface area (Å²) in [7, 11) is 1.95. The summed E-state index contributed by atoms with van der Waals surface area (Å²) in [5, 5.41) is 18.9. The van der Waals surface area contributed by atoms with Gasteiger partial charge in [0.05, 0.1) is 64.3 Å². The second kappa shape index (κ2) is 25.3. The number of piperazine rings is 2. The number of anilines is 3. The molecule has 0 aliphatic carbocycles. The van der Waals surface area contributed by atoms with Crippen LogP contribution in [0.5, 0.6) is 0 Å². The highest BCUT2D eigenvalue weighted by atomic mass is 32.1. The van der Waals surface area contributed by atoms with Crippen LogP contribution >= 0.6 is 11.3 Å². The van der Waals surface area contributed by atoms with E-state index in [-0.39, 0.29) is 92.1 Å². The van der Waals surface area contributed by atoms with Gasteiger partial charge in [-0.1, -0.05) is 45.0 Å². The maximum Gasteiger partial charge on any atom is 0.417 e. The Kier molecular flexibility index (Phi) is 18.7. The number of thiazole rings is 1. The molecule has 3 aromatic carbocycles. The van der Waals surface area contributed by atoms with Crippen molar-refractivity contribution in [2.24, 2.45) is 5.41 Å². The van der Waals surface area contributed by atoms with E-state index in [1.165, 1.54) is 29.4 Å². The number of carbonyl (C=O) groups is 5. The zero-order chi connectivity index (χ0) is 58.5. The average molecular weight is 1150 g/mol. The number of aryl methyl sites for hydroxylation is 1. The van der Waals surface area contributed by atoms with E-state index in [0.717, 1.165) is 33.8 Å². The number of halogens is 5. The molecule has 3 aliphatic rings. The molecule has 5 atom stereocenters. The number of nitrogens with zero attached hydrogens (tertiary/aromatic N) is 8. The van der Waals surface area contributed by atoms with Gasteiger partial charge in [0.25, 0.3) is 5.91 Å². The predicted octanol–water partition coefficient (Wildman–Crippen LogP) is 6.91. The molecule has 4 N–H and O–H groups in total. The van der Waals surface area contributed by atoms with Crippen molar-refractivity contribution in [2.75, 3.05) is 81.2 Å².